The van der Waals surface area contributed by atoms with Gasteiger partial charge in [0.15, 0.2) is 0 Å². The first-order chi connectivity index (χ1) is 40.0. The number of aryl methyl sites for hydroxylation is 4. The summed E-state index contributed by atoms with van der Waals surface area (Å²) in [6.07, 6.45) is 1.55. The van der Waals surface area contributed by atoms with Gasteiger partial charge in [-0.2, -0.15) is 12.1 Å². The van der Waals surface area contributed by atoms with Crippen LogP contribution in [0.2, 0.25) is 0 Å². The molecule has 13 rings (SSSR count). The van der Waals surface area contributed by atoms with E-state index in [1.807, 2.05) is 48.0 Å². The summed E-state index contributed by atoms with van der Waals surface area (Å²) in [5.41, 5.74) is 8.70. The first-order valence-corrected chi connectivity index (χ1v) is 24.3. The van der Waals surface area contributed by atoms with Gasteiger partial charge in [0.2, 0.25) is 0 Å². The zero-order valence-corrected chi connectivity index (χ0v) is 43.4. The van der Waals surface area contributed by atoms with E-state index in [1.165, 1.54) is 6.07 Å². The molecule has 364 valence electrons. The maximum Gasteiger partial charge on any atom is 0.135 e. The van der Waals surface area contributed by atoms with Gasteiger partial charge in [0.05, 0.1) is 6.85 Å². The minimum atomic E-state index is -2.65. The van der Waals surface area contributed by atoms with E-state index in [0.717, 1.165) is 65.7 Å². The molecule has 12 aromatic rings. The van der Waals surface area contributed by atoms with Crippen molar-refractivity contribution in [3.8, 4) is 39.6 Å². The van der Waals surface area contributed by atoms with E-state index in [0.29, 0.717) is 44.2 Å². The molecule has 0 saturated carbocycles. The van der Waals surface area contributed by atoms with Crippen molar-refractivity contribution in [2.75, 3.05) is 4.90 Å². The van der Waals surface area contributed by atoms with Gasteiger partial charge in [-0.15, -0.1) is 35.2 Å². The van der Waals surface area contributed by atoms with E-state index in [2.05, 4.69) is 118 Å². The molecule has 0 fully saturated rings. The van der Waals surface area contributed by atoms with Crippen molar-refractivity contribution in [1.29, 1.82) is 0 Å². The van der Waals surface area contributed by atoms with Crippen LogP contribution in [0.5, 0.6) is 11.5 Å². The first kappa shape index (κ1) is 35.9. The SMILES string of the molecule is [2H]c1c([2H])c([2H])c(-c2ccc3c(c2)c2ccc(Oc4[c-]c(N5[CH-]n6c7c(C)cccc7c7cc(C)ccc7c7ccccc7c7cccc5c76)ccc4C([2H])([2H])[2H])[c-]c2n3-c2cc(C([2H])([2H])[2H])c(-c3ccc(C(C)(C)C)cc3)cn2)c([2H])c1[2H].[Pt]. The number of aromatic nitrogens is 3. The van der Waals surface area contributed by atoms with Gasteiger partial charge >= 0.3 is 0 Å². The summed E-state index contributed by atoms with van der Waals surface area (Å²) in [6, 6.07) is 53.3. The van der Waals surface area contributed by atoms with Crippen molar-refractivity contribution in [3.05, 3.63) is 235 Å². The molecule has 0 unspecified atom stereocenters. The number of fused-ring (bicyclic) bond motifs is 10. The molecule has 5 nitrogen and oxygen atoms in total. The van der Waals surface area contributed by atoms with Crippen LogP contribution in [0, 0.1) is 46.4 Å². The van der Waals surface area contributed by atoms with Crippen molar-refractivity contribution >= 4 is 76.5 Å². The third-order valence-electron chi connectivity index (χ3n) is 14.2. The van der Waals surface area contributed by atoms with Crippen LogP contribution in [0.4, 0.5) is 11.4 Å². The van der Waals surface area contributed by atoms with E-state index in [4.69, 9.17) is 24.8 Å². The Hall–Kier alpha value is -8.11. The summed E-state index contributed by atoms with van der Waals surface area (Å²) in [7, 11) is 0. The van der Waals surface area contributed by atoms with Crippen LogP contribution in [0.1, 0.15) is 63.7 Å². The fraction of sp³-hybridized carbons (Fsp3) is 0.118. The van der Waals surface area contributed by atoms with Crippen LogP contribution in [-0.4, -0.2) is 14.1 Å². The molecule has 3 aromatic heterocycles. The average molecular weight is 1150 g/mol. The summed E-state index contributed by atoms with van der Waals surface area (Å²) >= 11 is 0. The first-order valence-electron chi connectivity index (χ1n) is 29.8. The van der Waals surface area contributed by atoms with Crippen molar-refractivity contribution in [2.24, 2.45) is 0 Å². The third kappa shape index (κ3) is 7.81. The number of hydrogen-bond acceptors (Lipinski definition) is 3. The molecule has 0 saturated heterocycles. The van der Waals surface area contributed by atoms with Gasteiger partial charge in [0.25, 0.3) is 0 Å². The smallest absolute Gasteiger partial charge is 0.135 e. The molecule has 0 amide bonds. The van der Waals surface area contributed by atoms with Gasteiger partial charge in [-0.05, 0) is 122 Å². The summed E-state index contributed by atoms with van der Waals surface area (Å²) in [6.45, 7) is 7.32. The van der Waals surface area contributed by atoms with Crippen molar-refractivity contribution in [1.82, 2.24) is 14.1 Å². The minimum absolute atomic E-state index is 0. The zero-order chi connectivity index (χ0) is 59.1. The Balaban J connectivity index is 0.00000709. The summed E-state index contributed by atoms with van der Waals surface area (Å²) < 4.78 is 106. The fourth-order valence-corrected chi connectivity index (χ4v) is 10.6. The number of anilines is 2. The Kier molecular flexibility index (Phi) is 8.80. The predicted octanol–water partition coefficient (Wildman–Crippen LogP) is 18.1. The van der Waals surface area contributed by atoms with Gasteiger partial charge in [-0.3, -0.25) is 0 Å². The average Bonchev–Trinajstić information content (AvgIpc) is 1.67. The second kappa shape index (κ2) is 18.1. The second-order valence-corrected chi connectivity index (χ2v) is 19.9. The van der Waals surface area contributed by atoms with Crippen LogP contribution < -0.4 is 9.64 Å². The van der Waals surface area contributed by atoms with Gasteiger partial charge in [-0.25, -0.2) is 4.98 Å². The van der Waals surface area contributed by atoms with Crippen LogP contribution in [0.3, 0.4) is 0 Å². The fourth-order valence-electron chi connectivity index (χ4n) is 10.6. The van der Waals surface area contributed by atoms with Gasteiger partial charge < -0.3 is 18.8 Å². The summed E-state index contributed by atoms with van der Waals surface area (Å²) in [5.74, 6) is 0.257. The molecule has 0 spiro atoms. The topological polar surface area (TPSA) is 35.2 Å². The number of nitrogens with zero attached hydrogens (tertiary/aromatic N) is 4. The molecule has 0 N–H and O–H groups in total. The normalized spacial score (nSPS) is 14.7. The van der Waals surface area contributed by atoms with Crippen LogP contribution in [0.25, 0.3) is 93.2 Å². The quantitative estimate of drug-likeness (QED) is 0.156. The van der Waals surface area contributed by atoms with Crippen LogP contribution in [-0.2, 0) is 26.5 Å². The zero-order valence-electron chi connectivity index (χ0n) is 52.1. The summed E-state index contributed by atoms with van der Waals surface area (Å²) in [4.78, 5) is 6.94. The van der Waals surface area contributed by atoms with Crippen LogP contribution in [0.15, 0.2) is 188 Å². The molecule has 0 radical (unpaired) electrons. The van der Waals surface area contributed by atoms with E-state index < -0.39 is 31.8 Å². The van der Waals surface area contributed by atoms with Gasteiger partial charge in [-0.1, -0.05) is 195 Å². The van der Waals surface area contributed by atoms with E-state index in [1.54, 1.807) is 53.2 Å². The molecule has 0 atom stereocenters. The molecule has 0 aliphatic carbocycles. The van der Waals surface area contributed by atoms with Crippen molar-refractivity contribution in [3.63, 3.8) is 0 Å². The van der Waals surface area contributed by atoms with Gasteiger partial charge in [0, 0.05) is 63.8 Å². The van der Waals surface area contributed by atoms with Gasteiger partial charge in [0.1, 0.15) is 5.82 Å². The molecule has 6 heteroatoms. The Morgan fingerprint density at radius 3 is 2.09 bits per heavy atom. The number of benzene rings is 9. The molecule has 0 bridgehead atoms. The largest absolute Gasteiger partial charge is 0.509 e. The van der Waals surface area contributed by atoms with E-state index in [9.17, 15) is 0 Å². The maximum absolute atomic E-state index is 8.84. The standard InChI is InChI=1S/C68H53N4O.Pt/c1-42-23-32-54-52-18-11-12-19-53(52)56-21-14-22-62-67(56)71(66-44(3)15-13-20-57(66)58(54)35-42)41-70(62)50-30-24-43(2)64(38-50)73-51-31-33-55-59-37-48(46-16-9-8-10-17-46)27-34-61(59)72(63(55)39-51)65-36-45(4)60(40-69-65)47-25-28-49(29-26-47)68(5,6)7;/h8-37,40-41H,1-7H3;/q-3;/i2D3,4D3,8D,9D,10D,16D,17D;. The Morgan fingerprint density at radius 1 is 0.595 bits per heavy atom. The van der Waals surface area contributed by atoms with Crippen molar-refractivity contribution in [2.45, 2.75) is 53.7 Å². The third-order valence-corrected chi connectivity index (χ3v) is 14.2. The number of ether oxygens (including phenoxy) is 1. The number of hydrogen-bond donors (Lipinski definition) is 0. The van der Waals surface area contributed by atoms with Crippen molar-refractivity contribution < 1.29 is 40.9 Å². The van der Waals surface area contributed by atoms with E-state index in [-0.39, 0.29) is 72.6 Å². The molecule has 9 aromatic carbocycles. The number of pyridine rings is 1. The number of para-hydroxylation sites is 2. The summed E-state index contributed by atoms with van der Waals surface area (Å²) in [5, 5.41) is 7.55. The molecule has 1 aliphatic rings. The maximum atomic E-state index is 8.84. The Morgan fingerprint density at radius 2 is 1.31 bits per heavy atom. The Bertz CT molecular complexity index is 4820. The molecular formula is C68H53N4OPt-3. The molecular weight excluding hydrogens is 1080 g/mol. The monoisotopic (exact) mass is 1150 g/mol. The Labute approximate surface area is 462 Å². The van der Waals surface area contributed by atoms with Crippen LogP contribution >= 0.6 is 0 Å². The second-order valence-electron chi connectivity index (χ2n) is 19.9. The van der Waals surface area contributed by atoms with E-state index >= 15 is 0 Å². The number of rotatable bonds is 6. The molecule has 74 heavy (non-hydrogen) atoms. The molecule has 1 aliphatic heterocycles. The molecule has 4 heterocycles. The minimum Gasteiger partial charge on any atom is -0.509 e. The predicted molar refractivity (Wildman–Crippen MR) is 305 cm³/mol.